The Morgan fingerprint density at radius 2 is 1.82 bits per heavy atom. The number of fused-ring (bicyclic) bond motifs is 1. The first-order chi connectivity index (χ1) is 24.5. The van der Waals surface area contributed by atoms with Crippen LogP contribution in [0, 0.1) is 6.92 Å². The standard InChI is InChI=1S/C40H44N4O6/c1-28-33(29-9-6-11-32(23-29)48-20-8-16-43-18-21-47-22-19-43)12-7-13-34(28)39-42-35-24-30(26-44-17-5-3-14-36(44)40(45)46)37(25-38(35)50-39)49-27-31-10-2-4-15-41-31/h2,4,6-7,9-13,15,23-25,36H,3,5,8,14,16-22,26-27H2,1H3,(H,45,46). The highest BCUT2D eigenvalue weighted by Gasteiger charge is 2.29. The fourth-order valence-electron chi connectivity index (χ4n) is 6.92. The molecule has 0 saturated carbocycles. The highest BCUT2D eigenvalue weighted by Crippen LogP contribution is 2.36. The van der Waals surface area contributed by atoms with Crippen molar-refractivity contribution < 1.29 is 28.5 Å². The molecule has 2 aromatic heterocycles. The number of oxazole rings is 1. The third-order valence-corrected chi connectivity index (χ3v) is 9.64. The molecule has 1 unspecified atom stereocenters. The van der Waals surface area contributed by atoms with E-state index >= 15 is 0 Å². The molecule has 5 aromatic rings. The molecule has 1 atom stereocenters. The summed E-state index contributed by atoms with van der Waals surface area (Å²) in [5.74, 6) is 1.21. The predicted molar refractivity (Wildman–Crippen MR) is 191 cm³/mol. The molecule has 2 aliphatic rings. The van der Waals surface area contributed by atoms with Crippen LogP contribution in [0.2, 0.25) is 0 Å². The quantitative estimate of drug-likeness (QED) is 0.131. The van der Waals surface area contributed by atoms with Crippen molar-refractivity contribution in [2.24, 2.45) is 0 Å². The van der Waals surface area contributed by atoms with Crippen LogP contribution in [0.25, 0.3) is 33.7 Å². The lowest BCUT2D eigenvalue weighted by molar-refractivity contribution is -0.144. The van der Waals surface area contributed by atoms with Gasteiger partial charge in [-0.3, -0.25) is 19.6 Å². The van der Waals surface area contributed by atoms with E-state index in [0.29, 0.717) is 48.9 Å². The first-order valence-corrected chi connectivity index (χ1v) is 17.6. The molecule has 7 rings (SSSR count). The van der Waals surface area contributed by atoms with Crippen molar-refractivity contribution in [3.8, 4) is 34.1 Å². The molecule has 4 heterocycles. The Labute approximate surface area is 292 Å². The number of ether oxygens (including phenoxy) is 3. The topological polar surface area (TPSA) is 110 Å². The second-order valence-electron chi connectivity index (χ2n) is 13.0. The normalized spacial score (nSPS) is 17.2. The second-order valence-corrected chi connectivity index (χ2v) is 13.0. The summed E-state index contributed by atoms with van der Waals surface area (Å²) >= 11 is 0. The zero-order chi connectivity index (χ0) is 34.3. The van der Waals surface area contributed by atoms with Gasteiger partial charge in [-0.25, -0.2) is 4.98 Å². The van der Waals surface area contributed by atoms with Crippen LogP contribution >= 0.6 is 0 Å². The smallest absolute Gasteiger partial charge is 0.320 e. The minimum Gasteiger partial charge on any atom is -0.494 e. The summed E-state index contributed by atoms with van der Waals surface area (Å²) in [7, 11) is 0. The molecule has 3 aromatic carbocycles. The summed E-state index contributed by atoms with van der Waals surface area (Å²) < 4.78 is 24.3. The Kier molecular flexibility index (Phi) is 10.7. The lowest BCUT2D eigenvalue weighted by atomic mass is 9.96. The van der Waals surface area contributed by atoms with E-state index in [2.05, 4.69) is 35.0 Å². The average molecular weight is 677 g/mol. The van der Waals surface area contributed by atoms with Gasteiger partial charge < -0.3 is 23.7 Å². The van der Waals surface area contributed by atoms with E-state index in [1.165, 1.54) is 0 Å². The van der Waals surface area contributed by atoms with Crippen molar-refractivity contribution >= 4 is 17.1 Å². The van der Waals surface area contributed by atoms with Crippen LogP contribution in [0.4, 0.5) is 0 Å². The third-order valence-electron chi connectivity index (χ3n) is 9.64. The van der Waals surface area contributed by atoms with Crippen molar-refractivity contribution in [3.63, 3.8) is 0 Å². The lowest BCUT2D eigenvalue weighted by Crippen LogP contribution is -2.44. The number of carboxylic acid groups (broad SMARTS) is 1. The summed E-state index contributed by atoms with van der Waals surface area (Å²) in [4.78, 5) is 25.9. The fourth-order valence-corrected chi connectivity index (χ4v) is 6.92. The largest absolute Gasteiger partial charge is 0.494 e. The fraction of sp³-hybridized carbons (Fsp3) is 0.375. The van der Waals surface area contributed by atoms with Crippen molar-refractivity contribution in [2.45, 2.75) is 51.8 Å². The molecule has 2 aliphatic heterocycles. The van der Waals surface area contributed by atoms with Crippen molar-refractivity contribution in [1.82, 2.24) is 19.8 Å². The van der Waals surface area contributed by atoms with E-state index in [0.717, 1.165) is 91.4 Å². The Bertz CT molecular complexity index is 1910. The summed E-state index contributed by atoms with van der Waals surface area (Å²) in [6.07, 6.45) is 5.21. The highest BCUT2D eigenvalue weighted by atomic mass is 16.5. The number of hydrogen-bond donors (Lipinski definition) is 1. The number of hydrogen-bond acceptors (Lipinski definition) is 9. The van der Waals surface area contributed by atoms with Gasteiger partial charge in [0.1, 0.15) is 29.7 Å². The van der Waals surface area contributed by atoms with Gasteiger partial charge in [0.15, 0.2) is 5.58 Å². The number of rotatable bonds is 13. The minimum atomic E-state index is -0.790. The summed E-state index contributed by atoms with van der Waals surface area (Å²) in [5.41, 5.74) is 7.05. The Balaban J connectivity index is 1.13. The van der Waals surface area contributed by atoms with Gasteiger partial charge in [0.05, 0.1) is 25.5 Å². The molecule has 2 saturated heterocycles. The average Bonchev–Trinajstić information content (AvgIpc) is 3.56. The van der Waals surface area contributed by atoms with Gasteiger partial charge in [-0.15, -0.1) is 0 Å². The third kappa shape index (κ3) is 7.99. The lowest BCUT2D eigenvalue weighted by Gasteiger charge is -2.33. The van der Waals surface area contributed by atoms with E-state index in [4.69, 9.17) is 23.6 Å². The number of benzene rings is 3. The number of piperidine rings is 1. The number of likely N-dealkylation sites (tertiary alicyclic amines) is 1. The van der Waals surface area contributed by atoms with E-state index in [9.17, 15) is 9.90 Å². The van der Waals surface area contributed by atoms with E-state index in [1.54, 1.807) is 6.20 Å². The van der Waals surface area contributed by atoms with E-state index in [-0.39, 0.29) is 6.61 Å². The van der Waals surface area contributed by atoms with Gasteiger partial charge in [0.2, 0.25) is 5.89 Å². The summed E-state index contributed by atoms with van der Waals surface area (Å²) in [5, 5.41) is 9.93. The van der Waals surface area contributed by atoms with Gasteiger partial charge >= 0.3 is 5.97 Å². The predicted octanol–water partition coefficient (Wildman–Crippen LogP) is 6.98. The minimum absolute atomic E-state index is 0.278. The van der Waals surface area contributed by atoms with E-state index in [1.807, 2.05) is 59.5 Å². The number of aromatic nitrogens is 2. The first-order valence-electron chi connectivity index (χ1n) is 17.6. The molecule has 0 bridgehead atoms. The van der Waals surface area contributed by atoms with Gasteiger partial charge in [-0.2, -0.15) is 0 Å². The van der Waals surface area contributed by atoms with Crippen LogP contribution < -0.4 is 9.47 Å². The number of nitrogens with zero attached hydrogens (tertiary/aromatic N) is 4. The molecule has 1 N–H and O–H groups in total. The molecule has 0 radical (unpaired) electrons. The number of morpholine rings is 1. The van der Waals surface area contributed by atoms with Crippen molar-refractivity contribution in [2.75, 3.05) is 46.0 Å². The number of carboxylic acids is 1. The Hall–Kier alpha value is -4.77. The van der Waals surface area contributed by atoms with E-state index < -0.39 is 12.0 Å². The van der Waals surface area contributed by atoms with Crippen LogP contribution in [0.1, 0.15) is 42.5 Å². The molecular weight excluding hydrogens is 632 g/mol. The second kappa shape index (κ2) is 15.8. The van der Waals surface area contributed by atoms with Crippen LogP contribution in [-0.4, -0.2) is 82.9 Å². The Morgan fingerprint density at radius 3 is 2.66 bits per heavy atom. The molecule has 0 amide bonds. The zero-order valence-corrected chi connectivity index (χ0v) is 28.6. The summed E-state index contributed by atoms with van der Waals surface area (Å²) in [6, 6.07) is 23.4. The van der Waals surface area contributed by atoms with Crippen LogP contribution in [-0.2, 0) is 22.7 Å². The van der Waals surface area contributed by atoms with Crippen molar-refractivity contribution in [1.29, 1.82) is 0 Å². The SMILES string of the molecule is Cc1c(-c2cccc(OCCCN3CCOCC3)c2)cccc1-c1nc2cc(CN3CCCCC3C(=O)O)c(OCc3ccccn3)cc2o1. The number of pyridine rings is 1. The Morgan fingerprint density at radius 1 is 0.960 bits per heavy atom. The molecular formula is C40H44N4O6. The van der Waals surface area contributed by atoms with Crippen LogP contribution in [0.5, 0.6) is 11.5 Å². The molecule has 0 aliphatic carbocycles. The number of carbonyl (C=O) groups is 1. The molecule has 10 heteroatoms. The maximum Gasteiger partial charge on any atom is 0.320 e. The number of aliphatic carboxylic acids is 1. The molecule has 10 nitrogen and oxygen atoms in total. The van der Waals surface area contributed by atoms with Gasteiger partial charge in [0.25, 0.3) is 0 Å². The summed E-state index contributed by atoms with van der Waals surface area (Å²) in [6.45, 7) is 8.77. The van der Waals surface area contributed by atoms with Crippen LogP contribution in [0.3, 0.4) is 0 Å². The van der Waals surface area contributed by atoms with Gasteiger partial charge in [-0.1, -0.05) is 36.8 Å². The monoisotopic (exact) mass is 676 g/mol. The van der Waals surface area contributed by atoms with Gasteiger partial charge in [-0.05, 0) is 85.8 Å². The molecule has 260 valence electrons. The van der Waals surface area contributed by atoms with Crippen molar-refractivity contribution in [3.05, 3.63) is 95.8 Å². The molecule has 0 spiro atoms. The molecule has 50 heavy (non-hydrogen) atoms. The maximum atomic E-state index is 12.1. The highest BCUT2D eigenvalue weighted by molar-refractivity contribution is 5.82. The maximum absolute atomic E-state index is 12.1. The first kappa shape index (κ1) is 33.7. The van der Waals surface area contributed by atoms with Gasteiger partial charge in [0, 0.05) is 49.6 Å². The zero-order valence-electron chi connectivity index (χ0n) is 28.6. The van der Waals surface area contributed by atoms with Crippen LogP contribution in [0.15, 0.2) is 83.4 Å². The molecule has 2 fully saturated rings.